The summed E-state index contributed by atoms with van der Waals surface area (Å²) in [4.78, 5) is 12.5. The number of aromatic hydroxyl groups is 2. The monoisotopic (exact) mass is 456 g/mol. The number of phenolic OH excluding ortho intramolecular Hbond substituents is 2. The predicted octanol–water partition coefficient (Wildman–Crippen LogP) is 6.94. The van der Waals surface area contributed by atoms with Gasteiger partial charge in [0.2, 0.25) is 0 Å². The van der Waals surface area contributed by atoms with Crippen LogP contribution in [0.5, 0.6) is 11.5 Å². The topological polar surface area (TPSA) is 77.8 Å². The van der Waals surface area contributed by atoms with E-state index in [1.165, 1.54) is 11.1 Å². The largest absolute Gasteiger partial charge is 0.508 e. The maximum Gasteiger partial charge on any atom is 0.306 e. The van der Waals surface area contributed by atoms with Crippen LogP contribution in [0.15, 0.2) is 47.4 Å². The van der Waals surface area contributed by atoms with Crippen LogP contribution >= 0.6 is 11.8 Å². The van der Waals surface area contributed by atoms with Crippen molar-refractivity contribution in [2.75, 3.05) is 5.75 Å². The van der Waals surface area contributed by atoms with E-state index in [9.17, 15) is 20.1 Å². The van der Waals surface area contributed by atoms with Crippen LogP contribution in [0.3, 0.4) is 0 Å². The second kappa shape index (κ2) is 10.7. The number of carbonyl (C=O) groups is 1. The molecule has 0 aliphatic carbocycles. The molecule has 5 heteroatoms. The van der Waals surface area contributed by atoms with Gasteiger partial charge in [0, 0.05) is 16.1 Å². The van der Waals surface area contributed by atoms with E-state index >= 15 is 0 Å². The molecule has 2 aromatic carbocycles. The normalized spacial score (nSPS) is 22.2. The van der Waals surface area contributed by atoms with Crippen LogP contribution in [0.25, 0.3) is 0 Å². The third-order valence-electron chi connectivity index (χ3n) is 7.11. The van der Waals surface area contributed by atoms with E-state index in [1.54, 1.807) is 36.9 Å². The number of rotatable bonds is 10. The lowest BCUT2D eigenvalue weighted by Gasteiger charge is -2.47. The number of phenols is 2. The first-order chi connectivity index (χ1) is 15.3. The van der Waals surface area contributed by atoms with E-state index in [0.29, 0.717) is 18.1 Å². The molecule has 4 atom stereocenters. The molecular weight excluding hydrogens is 420 g/mol. The minimum absolute atomic E-state index is 0.126. The number of hydrogen-bond acceptors (Lipinski definition) is 4. The van der Waals surface area contributed by atoms with Gasteiger partial charge < -0.3 is 15.3 Å². The fourth-order valence-corrected chi connectivity index (χ4v) is 6.57. The van der Waals surface area contributed by atoms with E-state index in [0.717, 1.165) is 42.8 Å². The van der Waals surface area contributed by atoms with Gasteiger partial charge in [-0.25, -0.2) is 0 Å². The number of hydrogen-bond donors (Lipinski definition) is 3. The van der Waals surface area contributed by atoms with Crippen molar-refractivity contribution in [3.8, 4) is 11.5 Å². The van der Waals surface area contributed by atoms with Crippen LogP contribution in [0.4, 0.5) is 0 Å². The second-order valence-electron chi connectivity index (χ2n) is 9.53. The zero-order valence-electron chi connectivity index (χ0n) is 19.4. The summed E-state index contributed by atoms with van der Waals surface area (Å²) in [6.07, 6.45) is 5.94. The summed E-state index contributed by atoms with van der Waals surface area (Å²) in [6, 6.07) is 13.4. The molecule has 3 rings (SSSR count). The molecule has 0 bridgehead atoms. The Balaban J connectivity index is 2.00. The second-order valence-corrected chi connectivity index (χ2v) is 10.5. The first-order valence-corrected chi connectivity index (χ1v) is 12.7. The minimum atomic E-state index is -0.723. The van der Waals surface area contributed by atoms with Crippen LogP contribution in [-0.4, -0.2) is 27.0 Å². The summed E-state index contributed by atoms with van der Waals surface area (Å²) >= 11 is 1.79. The molecule has 0 radical (unpaired) electrons. The fourth-order valence-electron chi connectivity index (χ4n) is 5.20. The number of unbranched alkanes of at least 4 members (excludes halogenated alkanes) is 1. The Hall–Kier alpha value is -2.14. The fraction of sp³-hybridized carbons (Fsp3) is 0.519. The molecule has 0 amide bonds. The average Bonchev–Trinajstić information content (AvgIpc) is 2.76. The van der Waals surface area contributed by atoms with Crippen molar-refractivity contribution < 1.29 is 20.1 Å². The highest BCUT2D eigenvalue weighted by atomic mass is 32.2. The molecule has 1 heterocycles. The van der Waals surface area contributed by atoms with Gasteiger partial charge in [-0.3, -0.25) is 4.79 Å². The highest BCUT2D eigenvalue weighted by molar-refractivity contribution is 7.99. The molecule has 32 heavy (non-hydrogen) atoms. The molecule has 4 unspecified atom stereocenters. The maximum atomic E-state index is 11.3. The molecule has 0 fully saturated rings. The Kier molecular flexibility index (Phi) is 8.16. The van der Waals surface area contributed by atoms with Crippen molar-refractivity contribution in [2.45, 2.75) is 75.5 Å². The van der Waals surface area contributed by atoms with Gasteiger partial charge in [0.15, 0.2) is 0 Å². The summed E-state index contributed by atoms with van der Waals surface area (Å²) in [6.45, 7) is 6.33. The van der Waals surface area contributed by atoms with Crippen molar-refractivity contribution in [3.05, 3.63) is 53.6 Å². The first kappa shape index (κ1) is 24.5. The standard InChI is InChI=1S/C27H36O4S/c1-4-5-8-19(9-6-7-18(2)26(30)31)25-23-15-14-22(29)16-24(23)32-17-27(25,3)20-10-12-21(28)13-11-20/h10-16,18-19,25,28-29H,4-9,17H2,1-3H3,(H,30,31). The SMILES string of the molecule is CCCCC(CCCC(C)C(=O)O)C1c2ccc(O)cc2SCC1(C)c1ccc(O)cc1. The zero-order valence-corrected chi connectivity index (χ0v) is 20.2. The summed E-state index contributed by atoms with van der Waals surface area (Å²) in [7, 11) is 0. The highest BCUT2D eigenvalue weighted by Gasteiger charge is 2.45. The highest BCUT2D eigenvalue weighted by Crippen LogP contribution is 2.55. The van der Waals surface area contributed by atoms with Gasteiger partial charge in [-0.1, -0.05) is 58.2 Å². The van der Waals surface area contributed by atoms with Crippen LogP contribution in [0.2, 0.25) is 0 Å². The Bertz CT molecular complexity index is 910. The predicted molar refractivity (Wildman–Crippen MR) is 131 cm³/mol. The summed E-state index contributed by atoms with van der Waals surface area (Å²) in [5, 5.41) is 29.2. The maximum absolute atomic E-state index is 11.3. The Labute approximate surface area is 196 Å². The third kappa shape index (κ3) is 5.43. The van der Waals surface area contributed by atoms with Crippen molar-refractivity contribution in [3.63, 3.8) is 0 Å². The van der Waals surface area contributed by atoms with Gasteiger partial charge in [0.25, 0.3) is 0 Å². The number of aliphatic carboxylic acids is 1. The first-order valence-electron chi connectivity index (χ1n) is 11.7. The molecule has 1 aliphatic heterocycles. The summed E-state index contributed by atoms with van der Waals surface area (Å²) in [5.41, 5.74) is 2.37. The van der Waals surface area contributed by atoms with E-state index in [-0.39, 0.29) is 23.0 Å². The van der Waals surface area contributed by atoms with Crippen LogP contribution in [0, 0.1) is 11.8 Å². The quantitative estimate of drug-likeness (QED) is 0.361. The third-order valence-corrected chi connectivity index (χ3v) is 8.51. The van der Waals surface area contributed by atoms with Crippen LogP contribution in [-0.2, 0) is 10.2 Å². The van der Waals surface area contributed by atoms with Crippen molar-refractivity contribution >= 4 is 17.7 Å². The van der Waals surface area contributed by atoms with Crippen molar-refractivity contribution in [1.29, 1.82) is 0 Å². The zero-order chi connectivity index (χ0) is 23.3. The van der Waals surface area contributed by atoms with E-state index in [1.807, 2.05) is 18.2 Å². The van der Waals surface area contributed by atoms with Gasteiger partial charge in [0.05, 0.1) is 5.92 Å². The lowest BCUT2D eigenvalue weighted by atomic mass is 9.62. The van der Waals surface area contributed by atoms with Crippen molar-refractivity contribution in [2.24, 2.45) is 11.8 Å². The Morgan fingerprint density at radius 3 is 2.38 bits per heavy atom. The lowest BCUT2D eigenvalue weighted by molar-refractivity contribution is -0.141. The number of benzene rings is 2. The molecule has 174 valence electrons. The minimum Gasteiger partial charge on any atom is -0.508 e. The smallest absolute Gasteiger partial charge is 0.306 e. The van der Waals surface area contributed by atoms with Crippen LogP contribution in [0.1, 0.15) is 76.3 Å². The summed E-state index contributed by atoms with van der Waals surface area (Å²) in [5.74, 6) is 1.09. The Morgan fingerprint density at radius 2 is 1.72 bits per heavy atom. The molecule has 3 N–H and O–H groups in total. The van der Waals surface area contributed by atoms with E-state index < -0.39 is 5.97 Å². The summed E-state index contributed by atoms with van der Waals surface area (Å²) < 4.78 is 0. The molecule has 4 nitrogen and oxygen atoms in total. The molecule has 1 aliphatic rings. The van der Waals surface area contributed by atoms with Gasteiger partial charge in [-0.15, -0.1) is 11.8 Å². The number of carboxylic acids is 1. The average molecular weight is 457 g/mol. The lowest BCUT2D eigenvalue weighted by Crippen LogP contribution is -2.40. The van der Waals surface area contributed by atoms with Gasteiger partial charge in [0.1, 0.15) is 11.5 Å². The Morgan fingerprint density at radius 1 is 1.06 bits per heavy atom. The number of thioether (sulfide) groups is 1. The molecule has 0 spiro atoms. The molecule has 2 aromatic rings. The molecule has 0 saturated heterocycles. The molecular formula is C27H36O4S. The van der Waals surface area contributed by atoms with Gasteiger partial charge >= 0.3 is 5.97 Å². The van der Waals surface area contributed by atoms with E-state index in [2.05, 4.69) is 19.9 Å². The molecule has 0 saturated carbocycles. The van der Waals surface area contributed by atoms with Gasteiger partial charge in [-0.2, -0.15) is 0 Å². The van der Waals surface area contributed by atoms with Gasteiger partial charge in [-0.05, 0) is 66.5 Å². The molecule has 0 aromatic heterocycles. The van der Waals surface area contributed by atoms with E-state index in [4.69, 9.17) is 0 Å². The van der Waals surface area contributed by atoms with Crippen LogP contribution < -0.4 is 0 Å². The number of fused-ring (bicyclic) bond motifs is 1. The van der Waals surface area contributed by atoms with Crippen molar-refractivity contribution in [1.82, 2.24) is 0 Å². The number of carboxylic acid groups (broad SMARTS) is 1.